The smallest absolute Gasteiger partial charge is 0.278 e. The zero-order valence-corrected chi connectivity index (χ0v) is 24.8. The first-order valence-corrected chi connectivity index (χ1v) is 14.8. The Morgan fingerprint density at radius 1 is 0.953 bits per heavy atom. The number of amides is 1. The molecule has 3 aliphatic rings. The number of likely N-dealkylation sites (N-methyl/N-ethyl adjacent to an activating group) is 1. The Hall–Kier alpha value is -4.64. The average molecular weight is 581 g/mol. The van der Waals surface area contributed by atoms with Crippen molar-refractivity contribution in [3.05, 3.63) is 71.2 Å². The fourth-order valence-corrected chi connectivity index (χ4v) is 6.03. The van der Waals surface area contributed by atoms with Crippen molar-refractivity contribution in [3.63, 3.8) is 0 Å². The van der Waals surface area contributed by atoms with Gasteiger partial charge in [0.1, 0.15) is 11.1 Å². The van der Waals surface area contributed by atoms with Gasteiger partial charge < -0.3 is 24.8 Å². The first-order chi connectivity index (χ1) is 20.8. The summed E-state index contributed by atoms with van der Waals surface area (Å²) >= 11 is 0. The number of benzene rings is 2. The highest BCUT2D eigenvalue weighted by Crippen LogP contribution is 2.37. The van der Waals surface area contributed by atoms with Gasteiger partial charge in [-0.2, -0.15) is 4.98 Å². The van der Waals surface area contributed by atoms with E-state index in [1.165, 1.54) is 5.69 Å². The number of nitrogens with zero attached hydrogens (tertiary/aromatic N) is 7. The van der Waals surface area contributed by atoms with E-state index in [4.69, 9.17) is 9.72 Å². The maximum atomic E-state index is 13.7. The number of hydrogen-bond acceptors (Lipinski definition) is 8. The largest absolute Gasteiger partial charge is 0.482 e. The lowest BCUT2D eigenvalue weighted by Gasteiger charge is -2.36. The molecule has 7 rings (SSSR count). The van der Waals surface area contributed by atoms with Crippen molar-refractivity contribution in [2.24, 2.45) is 5.41 Å². The maximum Gasteiger partial charge on any atom is 0.278 e. The summed E-state index contributed by atoms with van der Waals surface area (Å²) in [5.74, 6) is 0.956. The summed E-state index contributed by atoms with van der Waals surface area (Å²) in [6, 6.07) is 13.9. The second-order valence-electron chi connectivity index (χ2n) is 12.4. The van der Waals surface area contributed by atoms with Crippen LogP contribution in [0, 0.1) is 5.41 Å². The Morgan fingerprint density at radius 3 is 2.51 bits per heavy atom. The molecule has 2 aromatic heterocycles. The van der Waals surface area contributed by atoms with Gasteiger partial charge in [0.25, 0.3) is 11.5 Å². The molecule has 222 valence electrons. The van der Waals surface area contributed by atoms with E-state index in [9.17, 15) is 9.59 Å². The van der Waals surface area contributed by atoms with E-state index < -0.39 is 0 Å². The monoisotopic (exact) mass is 580 g/mol. The molecule has 11 nitrogen and oxygen atoms in total. The van der Waals surface area contributed by atoms with Crippen molar-refractivity contribution in [3.8, 4) is 11.4 Å². The lowest BCUT2D eigenvalue weighted by Crippen LogP contribution is -2.44. The Kier molecular flexibility index (Phi) is 6.69. The van der Waals surface area contributed by atoms with Gasteiger partial charge >= 0.3 is 0 Å². The Bertz CT molecular complexity index is 1780. The Labute approximate surface area is 250 Å². The number of nitrogens with one attached hydrogen (secondary N) is 1. The molecular weight excluding hydrogens is 544 g/mol. The molecule has 1 N–H and O–H groups in total. The van der Waals surface area contributed by atoms with Crippen LogP contribution < -0.4 is 25.4 Å². The quantitative estimate of drug-likeness (QED) is 0.366. The number of carbonyl (C=O) groups is 1. The maximum absolute atomic E-state index is 13.7. The molecule has 1 fully saturated rings. The summed E-state index contributed by atoms with van der Waals surface area (Å²) in [5.41, 5.74) is 3.59. The minimum Gasteiger partial charge on any atom is -0.482 e. The van der Waals surface area contributed by atoms with Crippen LogP contribution in [0.4, 0.5) is 23.0 Å². The highest BCUT2D eigenvalue weighted by atomic mass is 16.5. The molecule has 4 aromatic rings. The van der Waals surface area contributed by atoms with E-state index in [1.807, 2.05) is 41.1 Å². The summed E-state index contributed by atoms with van der Waals surface area (Å²) in [5, 5.41) is 3.73. The Balaban J connectivity index is 1.27. The van der Waals surface area contributed by atoms with Crippen molar-refractivity contribution in [1.29, 1.82) is 0 Å². The van der Waals surface area contributed by atoms with Gasteiger partial charge in [-0.15, -0.1) is 0 Å². The number of piperazine rings is 1. The molecule has 11 heteroatoms. The van der Waals surface area contributed by atoms with E-state index in [0.717, 1.165) is 38.3 Å². The zero-order valence-electron chi connectivity index (χ0n) is 24.8. The van der Waals surface area contributed by atoms with Crippen molar-refractivity contribution in [2.75, 3.05) is 61.5 Å². The van der Waals surface area contributed by atoms with E-state index >= 15 is 0 Å². The molecule has 0 aliphatic carbocycles. The molecule has 5 heterocycles. The van der Waals surface area contributed by atoms with Gasteiger partial charge in [-0.1, -0.05) is 26.0 Å². The lowest BCUT2D eigenvalue weighted by molar-refractivity contribution is -0.121. The third kappa shape index (κ3) is 5.14. The molecule has 0 radical (unpaired) electrons. The number of ether oxygens (including phenoxy) is 1. The SMILES string of the molecule is CN1CCN(c2ccc(Nc3ncc4c(=O)n5n(c4n3)-c3ccc4c(c3)N(CC(C)(C)C/C=C\C5)C(=O)CO4)cc2)CC1. The molecular formula is C32H36N8O3. The molecule has 0 unspecified atom stereocenters. The third-order valence-corrected chi connectivity index (χ3v) is 8.50. The molecule has 2 aromatic carbocycles. The van der Waals surface area contributed by atoms with Crippen molar-refractivity contribution in [1.82, 2.24) is 24.2 Å². The average Bonchev–Trinajstić information content (AvgIpc) is 3.27. The number of carbonyl (C=O) groups excluding carboxylic acids is 1. The third-order valence-electron chi connectivity index (χ3n) is 8.50. The lowest BCUT2D eigenvalue weighted by atomic mass is 9.88. The minimum absolute atomic E-state index is 0.00797. The normalized spacial score (nSPS) is 19.3. The summed E-state index contributed by atoms with van der Waals surface area (Å²) in [7, 11) is 2.15. The Morgan fingerprint density at radius 2 is 1.72 bits per heavy atom. The summed E-state index contributed by atoms with van der Waals surface area (Å²) in [6.07, 6.45) is 6.43. The first-order valence-electron chi connectivity index (χ1n) is 14.8. The van der Waals surface area contributed by atoms with Crippen LogP contribution in [0.1, 0.15) is 20.3 Å². The molecule has 1 amide bonds. The van der Waals surface area contributed by atoms with Crippen LogP contribution in [-0.2, 0) is 11.3 Å². The second kappa shape index (κ2) is 10.6. The van der Waals surface area contributed by atoms with Crippen molar-refractivity contribution in [2.45, 2.75) is 26.8 Å². The van der Waals surface area contributed by atoms with Crippen LogP contribution in [0.3, 0.4) is 0 Å². The zero-order chi connectivity index (χ0) is 29.7. The molecule has 2 bridgehead atoms. The fourth-order valence-electron chi connectivity index (χ4n) is 6.03. The van der Waals surface area contributed by atoms with Gasteiger partial charge in [0, 0.05) is 50.3 Å². The van der Waals surface area contributed by atoms with E-state index in [1.54, 1.807) is 15.8 Å². The van der Waals surface area contributed by atoms with Gasteiger partial charge in [0.05, 0.1) is 17.9 Å². The number of hydrogen-bond donors (Lipinski definition) is 1. The van der Waals surface area contributed by atoms with Gasteiger partial charge in [0.2, 0.25) is 5.95 Å². The summed E-state index contributed by atoms with van der Waals surface area (Å²) < 4.78 is 9.26. The number of allylic oxidation sites excluding steroid dienone is 2. The standard InChI is InChI=1S/C32H36N8O3/c1-32(2)12-4-5-13-39-30(42)25-19-33-31(34-22-6-8-23(9-7-22)37-16-14-36(3)15-17-37)35-29(25)40(39)24-10-11-27-26(18-24)38(21-32)28(41)20-43-27/h4-11,18-19H,12-17,20-21H2,1-3H3,(H,33,34,35)/b5-4-. The van der Waals surface area contributed by atoms with E-state index in [-0.39, 0.29) is 23.5 Å². The first kappa shape index (κ1) is 27.2. The van der Waals surface area contributed by atoms with Crippen LogP contribution in [0.2, 0.25) is 0 Å². The second-order valence-corrected chi connectivity index (χ2v) is 12.4. The predicted octanol–water partition coefficient (Wildman–Crippen LogP) is 3.79. The number of fused-ring (bicyclic) bond motifs is 5. The molecule has 43 heavy (non-hydrogen) atoms. The van der Waals surface area contributed by atoms with Crippen molar-refractivity contribution >= 4 is 40.0 Å². The van der Waals surface area contributed by atoms with Gasteiger partial charge in [-0.25, -0.2) is 14.3 Å². The number of aromatic nitrogens is 4. The van der Waals surface area contributed by atoms with Crippen LogP contribution in [0.15, 0.2) is 65.6 Å². The number of anilines is 4. The van der Waals surface area contributed by atoms with Crippen LogP contribution in [0.5, 0.6) is 5.75 Å². The molecule has 0 spiro atoms. The van der Waals surface area contributed by atoms with E-state index in [2.05, 4.69) is 59.2 Å². The molecule has 3 aliphatic heterocycles. The highest BCUT2D eigenvalue weighted by molar-refractivity contribution is 5.98. The summed E-state index contributed by atoms with van der Waals surface area (Å²) in [4.78, 5) is 42.5. The molecule has 0 atom stereocenters. The summed E-state index contributed by atoms with van der Waals surface area (Å²) in [6.45, 7) is 9.33. The van der Waals surface area contributed by atoms with Gasteiger partial charge in [0.15, 0.2) is 12.3 Å². The molecule has 0 saturated carbocycles. The van der Waals surface area contributed by atoms with Gasteiger partial charge in [-0.05, 0) is 61.3 Å². The minimum atomic E-state index is -0.180. The highest BCUT2D eigenvalue weighted by Gasteiger charge is 2.32. The number of rotatable bonds is 3. The van der Waals surface area contributed by atoms with Gasteiger partial charge in [-0.3, -0.25) is 9.59 Å². The molecule has 1 saturated heterocycles. The van der Waals surface area contributed by atoms with Crippen LogP contribution >= 0.6 is 0 Å². The fraction of sp³-hybridized carbons (Fsp3) is 0.375. The van der Waals surface area contributed by atoms with Crippen LogP contribution in [0.25, 0.3) is 16.7 Å². The topological polar surface area (TPSA) is 101 Å². The predicted molar refractivity (Wildman–Crippen MR) is 168 cm³/mol. The van der Waals surface area contributed by atoms with Crippen molar-refractivity contribution < 1.29 is 9.53 Å². The van der Waals surface area contributed by atoms with E-state index in [0.29, 0.717) is 47.2 Å². The van der Waals surface area contributed by atoms with Crippen LogP contribution in [-0.4, -0.2) is 76.5 Å².